The van der Waals surface area contributed by atoms with E-state index in [1.807, 2.05) is 0 Å². The van der Waals surface area contributed by atoms with Gasteiger partial charge in [0.25, 0.3) is 0 Å². The van der Waals surface area contributed by atoms with E-state index in [0.717, 1.165) is 35.8 Å². The van der Waals surface area contributed by atoms with Gasteiger partial charge in [-0.05, 0) is 101 Å². The van der Waals surface area contributed by atoms with E-state index in [0.29, 0.717) is 6.04 Å². The molecule has 4 aliphatic carbocycles. The maximum atomic E-state index is 6.07. The van der Waals surface area contributed by atoms with Crippen LogP contribution in [-0.4, -0.2) is 18.1 Å². The number of rotatable bonds is 4. The van der Waals surface area contributed by atoms with Crippen LogP contribution in [0, 0.1) is 23.7 Å². The summed E-state index contributed by atoms with van der Waals surface area (Å²) >= 11 is 0. The van der Waals surface area contributed by atoms with Crippen molar-refractivity contribution in [2.75, 3.05) is 0 Å². The van der Waals surface area contributed by atoms with Gasteiger partial charge in [-0.3, -0.25) is 0 Å². The Balaban J connectivity index is 1.15. The van der Waals surface area contributed by atoms with Gasteiger partial charge in [0.15, 0.2) is 0 Å². The van der Waals surface area contributed by atoms with Gasteiger partial charge in [0.05, 0.1) is 0 Å². The molecule has 0 amide bonds. The number of nitrogens with two attached hydrogens (primary N) is 1. The van der Waals surface area contributed by atoms with Gasteiger partial charge >= 0.3 is 0 Å². The Morgan fingerprint density at radius 1 is 0.600 bits per heavy atom. The third kappa shape index (κ3) is 5.01. The van der Waals surface area contributed by atoms with E-state index < -0.39 is 0 Å². The van der Waals surface area contributed by atoms with E-state index in [1.165, 1.54) is 103 Å². The average Bonchev–Trinajstić information content (AvgIpc) is 2.65. The lowest BCUT2D eigenvalue weighted by atomic mass is 9.69. The lowest BCUT2D eigenvalue weighted by Crippen LogP contribution is -2.45. The maximum absolute atomic E-state index is 6.07. The molecule has 2 heteroatoms. The third-order valence-electron chi connectivity index (χ3n) is 8.42. The van der Waals surface area contributed by atoms with Crippen LogP contribution in [-0.2, 0) is 0 Å². The van der Waals surface area contributed by atoms with Crippen LogP contribution in [0.4, 0.5) is 0 Å². The second kappa shape index (κ2) is 8.74. The highest BCUT2D eigenvalue weighted by atomic mass is 15.0. The molecule has 25 heavy (non-hydrogen) atoms. The lowest BCUT2D eigenvalue weighted by Gasteiger charge is -2.42. The highest BCUT2D eigenvalue weighted by Gasteiger charge is 2.33. The van der Waals surface area contributed by atoms with Crippen molar-refractivity contribution < 1.29 is 0 Å². The zero-order valence-corrected chi connectivity index (χ0v) is 16.4. The van der Waals surface area contributed by atoms with Crippen LogP contribution in [0.1, 0.15) is 103 Å². The van der Waals surface area contributed by atoms with Crippen molar-refractivity contribution >= 4 is 0 Å². The Hall–Kier alpha value is -0.0800. The summed E-state index contributed by atoms with van der Waals surface area (Å²) in [6.45, 7) is 0. The number of hydrogen-bond acceptors (Lipinski definition) is 2. The molecular weight excluding hydrogens is 304 g/mol. The van der Waals surface area contributed by atoms with Gasteiger partial charge in [0.1, 0.15) is 0 Å². The molecule has 0 aliphatic heterocycles. The molecular formula is C23H42N2. The summed E-state index contributed by atoms with van der Waals surface area (Å²) in [5.41, 5.74) is 6.07. The van der Waals surface area contributed by atoms with Crippen molar-refractivity contribution in [1.82, 2.24) is 5.32 Å². The molecule has 2 nitrogen and oxygen atoms in total. The lowest BCUT2D eigenvalue weighted by molar-refractivity contribution is 0.129. The molecule has 0 radical (unpaired) electrons. The second-order valence-corrected chi connectivity index (χ2v) is 10.2. The zero-order valence-electron chi connectivity index (χ0n) is 16.4. The number of nitrogens with one attached hydrogen (secondary N) is 1. The fraction of sp³-hybridized carbons (Fsp3) is 1.00. The molecule has 3 N–H and O–H groups in total. The maximum Gasteiger partial charge on any atom is 0.00724 e. The van der Waals surface area contributed by atoms with Crippen LogP contribution < -0.4 is 11.1 Å². The molecule has 0 heterocycles. The first kappa shape index (κ1) is 18.3. The summed E-state index contributed by atoms with van der Waals surface area (Å²) in [7, 11) is 0. The van der Waals surface area contributed by atoms with Crippen molar-refractivity contribution in [2.45, 2.75) is 121 Å². The molecule has 4 aliphatic rings. The molecule has 0 bridgehead atoms. The largest absolute Gasteiger partial charge is 0.328 e. The molecule has 4 rings (SSSR count). The van der Waals surface area contributed by atoms with Gasteiger partial charge in [-0.25, -0.2) is 0 Å². The van der Waals surface area contributed by atoms with E-state index in [2.05, 4.69) is 5.32 Å². The van der Waals surface area contributed by atoms with Crippen LogP contribution >= 0.6 is 0 Å². The average molecular weight is 347 g/mol. The fourth-order valence-corrected chi connectivity index (χ4v) is 6.82. The molecule has 3 unspecified atom stereocenters. The van der Waals surface area contributed by atoms with Gasteiger partial charge in [-0.15, -0.1) is 0 Å². The summed E-state index contributed by atoms with van der Waals surface area (Å²) in [5.74, 6) is 4.17. The SMILES string of the molecule is NC1CCC(CC2CCC(NC3CCC4CCCCC4C3)CC2)CC1. The summed E-state index contributed by atoms with van der Waals surface area (Å²) in [6, 6.07) is 2.19. The Bertz CT molecular complexity index is 393. The van der Waals surface area contributed by atoms with E-state index in [-0.39, 0.29) is 0 Å². The molecule has 0 saturated heterocycles. The summed E-state index contributed by atoms with van der Waals surface area (Å²) in [5, 5.41) is 4.10. The first-order valence-corrected chi connectivity index (χ1v) is 11.8. The van der Waals surface area contributed by atoms with Crippen molar-refractivity contribution in [3.05, 3.63) is 0 Å². The minimum atomic E-state index is 0.510. The quantitative estimate of drug-likeness (QED) is 0.715. The molecule has 3 atom stereocenters. The van der Waals surface area contributed by atoms with Gasteiger partial charge in [0, 0.05) is 18.1 Å². The highest BCUT2D eigenvalue weighted by Crippen LogP contribution is 2.41. The van der Waals surface area contributed by atoms with E-state index >= 15 is 0 Å². The van der Waals surface area contributed by atoms with Gasteiger partial charge in [0.2, 0.25) is 0 Å². The van der Waals surface area contributed by atoms with Gasteiger partial charge in [-0.1, -0.05) is 25.7 Å². The van der Waals surface area contributed by atoms with Crippen LogP contribution in [0.15, 0.2) is 0 Å². The molecule has 0 aromatic carbocycles. The Morgan fingerprint density at radius 2 is 1.20 bits per heavy atom. The zero-order chi connectivity index (χ0) is 17.1. The third-order valence-corrected chi connectivity index (χ3v) is 8.42. The predicted octanol–water partition coefficient (Wildman–Crippen LogP) is 5.40. The first-order chi connectivity index (χ1) is 12.3. The Morgan fingerprint density at radius 3 is 1.92 bits per heavy atom. The predicted molar refractivity (Wildman–Crippen MR) is 107 cm³/mol. The molecule has 4 fully saturated rings. The van der Waals surface area contributed by atoms with Crippen molar-refractivity contribution in [3.8, 4) is 0 Å². The van der Waals surface area contributed by atoms with Crippen LogP contribution in [0.25, 0.3) is 0 Å². The van der Waals surface area contributed by atoms with E-state index in [4.69, 9.17) is 5.73 Å². The summed E-state index contributed by atoms with van der Waals surface area (Å²) < 4.78 is 0. The highest BCUT2D eigenvalue weighted by molar-refractivity contribution is 4.89. The Kier molecular flexibility index (Phi) is 6.39. The monoisotopic (exact) mass is 346 g/mol. The first-order valence-electron chi connectivity index (χ1n) is 11.8. The van der Waals surface area contributed by atoms with E-state index in [9.17, 15) is 0 Å². The Labute approximate surface area is 156 Å². The topological polar surface area (TPSA) is 38.0 Å². The van der Waals surface area contributed by atoms with Crippen molar-refractivity contribution in [2.24, 2.45) is 29.4 Å². The number of hydrogen-bond donors (Lipinski definition) is 2. The van der Waals surface area contributed by atoms with E-state index in [1.54, 1.807) is 0 Å². The number of fused-ring (bicyclic) bond motifs is 1. The second-order valence-electron chi connectivity index (χ2n) is 10.2. The normalized spacial score (nSPS) is 45.7. The van der Waals surface area contributed by atoms with Crippen LogP contribution in [0.2, 0.25) is 0 Å². The molecule has 4 saturated carbocycles. The summed E-state index contributed by atoms with van der Waals surface area (Å²) in [6.07, 6.45) is 23.3. The standard InChI is InChI=1S/C23H42N2/c24-21-10-5-17(6-11-21)15-18-7-12-22(13-8-18)25-23-14-9-19-3-1-2-4-20(19)16-23/h17-23,25H,1-16,24H2. The minimum Gasteiger partial charge on any atom is -0.328 e. The smallest absolute Gasteiger partial charge is 0.00724 e. The van der Waals surface area contributed by atoms with Gasteiger partial charge in [-0.2, -0.15) is 0 Å². The van der Waals surface area contributed by atoms with Crippen LogP contribution in [0.3, 0.4) is 0 Å². The molecule has 0 aromatic rings. The van der Waals surface area contributed by atoms with Crippen molar-refractivity contribution in [3.63, 3.8) is 0 Å². The molecule has 144 valence electrons. The van der Waals surface area contributed by atoms with Crippen LogP contribution in [0.5, 0.6) is 0 Å². The molecule has 0 aromatic heterocycles. The minimum absolute atomic E-state index is 0.510. The molecule has 0 spiro atoms. The summed E-state index contributed by atoms with van der Waals surface area (Å²) in [4.78, 5) is 0. The van der Waals surface area contributed by atoms with Gasteiger partial charge < -0.3 is 11.1 Å². The fourth-order valence-electron chi connectivity index (χ4n) is 6.82. The van der Waals surface area contributed by atoms with Crippen molar-refractivity contribution in [1.29, 1.82) is 0 Å².